The van der Waals surface area contributed by atoms with Gasteiger partial charge in [0, 0.05) is 17.5 Å². The third-order valence-electron chi connectivity index (χ3n) is 3.06. The fraction of sp³-hybridized carbons (Fsp3) is 0.385. The van der Waals surface area contributed by atoms with Crippen molar-refractivity contribution in [2.45, 2.75) is 18.4 Å². The van der Waals surface area contributed by atoms with Crippen molar-refractivity contribution in [3.05, 3.63) is 34.3 Å². The third kappa shape index (κ3) is 3.33. The Hall–Kier alpha value is -1.40. The average Bonchev–Trinajstić information content (AvgIpc) is 2.78. The largest absolute Gasteiger partial charge is 0.479 e. The summed E-state index contributed by atoms with van der Waals surface area (Å²) in [6.07, 6.45) is 0.445. The summed E-state index contributed by atoms with van der Waals surface area (Å²) in [4.78, 5) is 23.2. The van der Waals surface area contributed by atoms with E-state index < -0.39 is 11.5 Å². The summed E-state index contributed by atoms with van der Waals surface area (Å²) in [6, 6.07) is 7.35. The lowest BCUT2D eigenvalue weighted by Gasteiger charge is -2.23. The number of nitrogens with one attached hydrogen (secondary N) is 1. The topological polar surface area (TPSA) is 75.6 Å². The van der Waals surface area contributed by atoms with E-state index in [1.807, 2.05) is 24.3 Å². The van der Waals surface area contributed by atoms with Crippen LogP contribution in [0.25, 0.3) is 0 Å². The molecule has 1 fully saturated rings. The van der Waals surface area contributed by atoms with Crippen LogP contribution >= 0.6 is 15.9 Å². The Morgan fingerprint density at radius 3 is 2.84 bits per heavy atom. The Balaban J connectivity index is 2.02. The fourth-order valence-electron chi connectivity index (χ4n) is 2.03. The van der Waals surface area contributed by atoms with Crippen LogP contribution in [0.1, 0.15) is 12.0 Å². The van der Waals surface area contributed by atoms with Crippen LogP contribution in [0.5, 0.6) is 0 Å². The van der Waals surface area contributed by atoms with E-state index in [1.165, 1.54) is 0 Å². The van der Waals surface area contributed by atoms with Gasteiger partial charge in [0.1, 0.15) is 0 Å². The Morgan fingerprint density at radius 1 is 1.47 bits per heavy atom. The maximum Gasteiger partial charge on any atom is 0.331 e. The number of hydrogen-bond acceptors (Lipinski definition) is 3. The van der Waals surface area contributed by atoms with Gasteiger partial charge in [-0.3, -0.25) is 4.79 Å². The molecule has 1 aliphatic heterocycles. The van der Waals surface area contributed by atoms with Crippen molar-refractivity contribution in [3.8, 4) is 0 Å². The normalized spacial score (nSPS) is 22.2. The predicted octanol–water partition coefficient (Wildman–Crippen LogP) is 1.35. The predicted molar refractivity (Wildman–Crippen MR) is 71.8 cm³/mol. The highest BCUT2D eigenvalue weighted by Gasteiger charge is 2.43. The first-order chi connectivity index (χ1) is 9.02. The summed E-state index contributed by atoms with van der Waals surface area (Å²) in [7, 11) is 0. The van der Waals surface area contributed by atoms with Gasteiger partial charge in [0.2, 0.25) is 5.91 Å². The zero-order chi connectivity index (χ0) is 13.9. The molecule has 0 saturated carbocycles. The number of hydrogen-bond donors (Lipinski definition) is 2. The highest BCUT2D eigenvalue weighted by atomic mass is 79.9. The smallest absolute Gasteiger partial charge is 0.331 e. The summed E-state index contributed by atoms with van der Waals surface area (Å²) in [5.74, 6) is -1.36. The number of carboxylic acid groups (broad SMARTS) is 1. The first kappa shape index (κ1) is 14.0. The molecule has 6 heteroatoms. The van der Waals surface area contributed by atoms with E-state index in [0.29, 0.717) is 13.0 Å². The van der Waals surface area contributed by atoms with Crippen LogP contribution in [0.3, 0.4) is 0 Å². The zero-order valence-corrected chi connectivity index (χ0v) is 11.8. The quantitative estimate of drug-likeness (QED) is 0.875. The summed E-state index contributed by atoms with van der Waals surface area (Å²) >= 11 is 3.33. The number of halogens is 1. The van der Waals surface area contributed by atoms with Crippen molar-refractivity contribution in [1.29, 1.82) is 0 Å². The molecule has 2 N–H and O–H groups in total. The fourth-order valence-corrected chi connectivity index (χ4v) is 2.48. The SMILES string of the molecule is O=C(Cc1cccc(Br)c1)NC1(C(=O)O)CCOC1. The lowest BCUT2D eigenvalue weighted by molar-refractivity contribution is -0.147. The summed E-state index contributed by atoms with van der Waals surface area (Å²) < 4.78 is 5.97. The van der Waals surface area contributed by atoms with E-state index in [1.54, 1.807) is 0 Å². The number of carbonyl (C=O) groups excluding carboxylic acids is 1. The van der Waals surface area contributed by atoms with Crippen molar-refractivity contribution >= 4 is 27.8 Å². The van der Waals surface area contributed by atoms with Crippen LogP contribution in [-0.2, 0) is 20.7 Å². The summed E-state index contributed by atoms with van der Waals surface area (Å²) in [5.41, 5.74) is -0.449. The lowest BCUT2D eigenvalue weighted by atomic mass is 9.98. The highest BCUT2D eigenvalue weighted by molar-refractivity contribution is 9.10. The molecule has 1 aromatic rings. The molecule has 0 aliphatic carbocycles. The van der Waals surface area contributed by atoms with Gasteiger partial charge in [0.25, 0.3) is 0 Å². The standard InChI is InChI=1S/C13H14BrNO4/c14-10-3-1-2-9(6-10)7-11(16)15-13(12(17)18)4-5-19-8-13/h1-3,6H,4-5,7-8H2,(H,15,16)(H,17,18). The molecule has 1 aliphatic rings. The Kier molecular flexibility index (Phi) is 4.21. The number of benzene rings is 1. The molecule has 1 amide bonds. The zero-order valence-electron chi connectivity index (χ0n) is 10.2. The molecule has 102 valence electrons. The first-order valence-electron chi connectivity index (χ1n) is 5.88. The monoisotopic (exact) mass is 327 g/mol. The van der Waals surface area contributed by atoms with Crippen molar-refractivity contribution in [1.82, 2.24) is 5.32 Å². The number of carboxylic acids is 1. The Morgan fingerprint density at radius 2 is 2.26 bits per heavy atom. The summed E-state index contributed by atoms with van der Waals surface area (Å²) in [6.45, 7) is 0.371. The van der Waals surface area contributed by atoms with Crippen LogP contribution in [0.4, 0.5) is 0 Å². The molecule has 5 nitrogen and oxygen atoms in total. The third-order valence-corrected chi connectivity index (χ3v) is 3.56. The number of rotatable bonds is 4. The van der Waals surface area contributed by atoms with Gasteiger partial charge >= 0.3 is 5.97 Å². The maximum absolute atomic E-state index is 11.9. The molecule has 0 radical (unpaired) electrons. The van der Waals surface area contributed by atoms with Crippen LogP contribution in [0, 0.1) is 0 Å². The molecule has 0 aromatic heterocycles. The minimum atomic E-state index is -1.27. The molecule has 0 bridgehead atoms. The van der Waals surface area contributed by atoms with E-state index in [2.05, 4.69) is 21.2 Å². The van der Waals surface area contributed by atoms with Gasteiger partial charge < -0.3 is 15.2 Å². The number of aliphatic carboxylic acids is 1. The second kappa shape index (κ2) is 5.71. The van der Waals surface area contributed by atoms with Gasteiger partial charge in [-0.05, 0) is 17.7 Å². The molecule has 1 atom stereocenters. The van der Waals surface area contributed by atoms with E-state index in [-0.39, 0.29) is 18.9 Å². The highest BCUT2D eigenvalue weighted by Crippen LogP contribution is 2.19. The van der Waals surface area contributed by atoms with Crippen LogP contribution in [0.2, 0.25) is 0 Å². The molecule has 1 heterocycles. The lowest BCUT2D eigenvalue weighted by Crippen LogP contribution is -2.55. The molecule has 1 unspecified atom stereocenters. The van der Waals surface area contributed by atoms with Crippen molar-refractivity contribution in [2.24, 2.45) is 0 Å². The second-order valence-electron chi connectivity index (χ2n) is 4.54. The average molecular weight is 328 g/mol. The van der Waals surface area contributed by atoms with Crippen molar-refractivity contribution < 1.29 is 19.4 Å². The minimum absolute atomic E-state index is 0.0204. The molecule has 1 saturated heterocycles. The van der Waals surface area contributed by atoms with Crippen molar-refractivity contribution in [2.75, 3.05) is 13.2 Å². The van der Waals surface area contributed by atoms with Gasteiger partial charge in [-0.25, -0.2) is 4.79 Å². The van der Waals surface area contributed by atoms with E-state index in [9.17, 15) is 14.7 Å². The number of ether oxygens (including phenoxy) is 1. The van der Waals surface area contributed by atoms with Gasteiger partial charge in [0.15, 0.2) is 5.54 Å². The van der Waals surface area contributed by atoms with Gasteiger partial charge in [0.05, 0.1) is 13.0 Å². The maximum atomic E-state index is 11.9. The second-order valence-corrected chi connectivity index (χ2v) is 5.46. The van der Waals surface area contributed by atoms with E-state index >= 15 is 0 Å². The van der Waals surface area contributed by atoms with Crippen LogP contribution in [-0.4, -0.2) is 35.7 Å². The Bertz CT molecular complexity index is 497. The molecule has 19 heavy (non-hydrogen) atoms. The van der Waals surface area contributed by atoms with Crippen molar-refractivity contribution in [3.63, 3.8) is 0 Å². The molecule has 1 aromatic carbocycles. The van der Waals surface area contributed by atoms with Crippen LogP contribution < -0.4 is 5.32 Å². The minimum Gasteiger partial charge on any atom is -0.479 e. The van der Waals surface area contributed by atoms with Crippen LogP contribution in [0.15, 0.2) is 28.7 Å². The number of amides is 1. The van der Waals surface area contributed by atoms with Gasteiger partial charge in [-0.15, -0.1) is 0 Å². The molecular weight excluding hydrogens is 314 g/mol. The van der Waals surface area contributed by atoms with Gasteiger partial charge in [-0.1, -0.05) is 28.1 Å². The molecule has 2 rings (SSSR count). The summed E-state index contributed by atoms with van der Waals surface area (Å²) in [5, 5.41) is 11.8. The Labute approximate surface area is 119 Å². The van der Waals surface area contributed by atoms with E-state index in [0.717, 1.165) is 10.0 Å². The van der Waals surface area contributed by atoms with Gasteiger partial charge in [-0.2, -0.15) is 0 Å². The molecular formula is C13H14BrNO4. The first-order valence-corrected chi connectivity index (χ1v) is 6.68. The number of carbonyl (C=O) groups is 2. The molecule has 0 spiro atoms. The van der Waals surface area contributed by atoms with E-state index in [4.69, 9.17) is 4.74 Å².